The normalized spacial score (nSPS) is 23.2. The molecule has 0 unspecified atom stereocenters. The van der Waals surface area contributed by atoms with Crippen LogP contribution in [-0.2, 0) is 4.74 Å². The first-order chi connectivity index (χ1) is 8.32. The summed E-state index contributed by atoms with van der Waals surface area (Å²) in [4.78, 5) is 15.2. The van der Waals surface area contributed by atoms with Crippen LogP contribution < -0.4 is 0 Å². The van der Waals surface area contributed by atoms with Crippen LogP contribution in [-0.4, -0.2) is 29.7 Å². The van der Waals surface area contributed by atoms with Gasteiger partial charge in [-0.1, -0.05) is 12.5 Å². The number of carbonyl (C=O) groups is 1. The van der Waals surface area contributed by atoms with Crippen molar-refractivity contribution in [2.75, 3.05) is 13.2 Å². The van der Waals surface area contributed by atoms with E-state index in [9.17, 15) is 4.79 Å². The van der Waals surface area contributed by atoms with Gasteiger partial charge in [0, 0.05) is 6.54 Å². The Hall–Kier alpha value is -0.870. The first-order valence-electron chi connectivity index (χ1n) is 6.31. The highest BCUT2D eigenvalue weighted by atomic mass is 32.1. The molecule has 1 aliphatic carbocycles. The molecule has 1 saturated heterocycles. The molecule has 1 aliphatic heterocycles. The lowest BCUT2D eigenvalue weighted by Crippen LogP contribution is -2.49. The minimum atomic E-state index is -0.278. The fraction of sp³-hybridized carbons (Fsp3) is 0.615. The van der Waals surface area contributed by atoms with Crippen molar-refractivity contribution in [2.24, 2.45) is 0 Å². The molecular formula is C13H17NO2S. The summed E-state index contributed by atoms with van der Waals surface area (Å²) in [5, 5.41) is 1.96. The Morgan fingerprint density at radius 2 is 2.18 bits per heavy atom. The van der Waals surface area contributed by atoms with Gasteiger partial charge in [0.05, 0.1) is 11.5 Å². The molecule has 1 aromatic rings. The van der Waals surface area contributed by atoms with Crippen LogP contribution in [0.15, 0.2) is 17.5 Å². The van der Waals surface area contributed by atoms with Gasteiger partial charge < -0.3 is 9.64 Å². The van der Waals surface area contributed by atoms with Crippen LogP contribution in [0.5, 0.6) is 0 Å². The average Bonchev–Trinajstić information content (AvgIpc) is 2.99. The zero-order valence-corrected chi connectivity index (χ0v) is 10.7. The first-order valence-corrected chi connectivity index (χ1v) is 7.19. The van der Waals surface area contributed by atoms with Crippen LogP contribution >= 0.6 is 11.3 Å². The quantitative estimate of drug-likeness (QED) is 0.768. The maximum atomic E-state index is 12.4. The number of hydrogen-bond acceptors (Lipinski definition) is 3. The zero-order valence-electron chi connectivity index (χ0n) is 9.85. The molecule has 2 fully saturated rings. The number of ether oxygens (including phenoxy) is 1. The number of amides is 1. The third-order valence-electron chi connectivity index (χ3n) is 3.79. The van der Waals surface area contributed by atoms with Crippen molar-refractivity contribution in [2.45, 2.75) is 37.8 Å². The highest BCUT2D eigenvalue weighted by molar-refractivity contribution is 7.12. The molecule has 1 amide bonds. The van der Waals surface area contributed by atoms with E-state index >= 15 is 0 Å². The van der Waals surface area contributed by atoms with Gasteiger partial charge in [-0.3, -0.25) is 4.79 Å². The van der Waals surface area contributed by atoms with E-state index in [1.165, 1.54) is 30.6 Å². The lowest BCUT2D eigenvalue weighted by Gasteiger charge is -2.39. The van der Waals surface area contributed by atoms with E-state index < -0.39 is 0 Å². The van der Waals surface area contributed by atoms with Gasteiger partial charge in [-0.15, -0.1) is 11.3 Å². The van der Waals surface area contributed by atoms with Gasteiger partial charge >= 0.3 is 0 Å². The molecular weight excluding hydrogens is 234 g/mol. The van der Waals surface area contributed by atoms with Crippen molar-refractivity contribution in [3.8, 4) is 0 Å². The molecule has 2 aliphatic rings. The van der Waals surface area contributed by atoms with Gasteiger partial charge in [-0.05, 0) is 37.1 Å². The number of rotatable bonds is 1. The maximum Gasteiger partial charge on any atom is 0.266 e. The van der Waals surface area contributed by atoms with Gasteiger partial charge in [0.25, 0.3) is 5.91 Å². The lowest BCUT2D eigenvalue weighted by atomic mass is 9.90. The van der Waals surface area contributed by atoms with E-state index in [-0.39, 0.29) is 11.6 Å². The molecule has 0 N–H and O–H groups in total. The van der Waals surface area contributed by atoms with Crippen molar-refractivity contribution < 1.29 is 9.53 Å². The van der Waals surface area contributed by atoms with Crippen LogP contribution in [0.2, 0.25) is 0 Å². The van der Waals surface area contributed by atoms with Crippen molar-refractivity contribution in [1.29, 1.82) is 0 Å². The molecule has 17 heavy (non-hydrogen) atoms. The van der Waals surface area contributed by atoms with Crippen LogP contribution in [0.3, 0.4) is 0 Å². The summed E-state index contributed by atoms with van der Waals surface area (Å²) in [6, 6.07) is 3.84. The van der Waals surface area contributed by atoms with Gasteiger partial charge in [-0.2, -0.15) is 0 Å². The molecule has 1 aromatic heterocycles. The van der Waals surface area contributed by atoms with Gasteiger partial charge in [-0.25, -0.2) is 0 Å². The van der Waals surface area contributed by atoms with Crippen molar-refractivity contribution in [1.82, 2.24) is 4.90 Å². The molecule has 1 spiro atoms. The largest absolute Gasteiger partial charge is 0.354 e. The molecule has 0 aromatic carbocycles. The smallest absolute Gasteiger partial charge is 0.266 e. The highest BCUT2D eigenvalue weighted by Crippen LogP contribution is 2.38. The first kappa shape index (κ1) is 11.2. The van der Waals surface area contributed by atoms with E-state index in [0.717, 1.165) is 24.3 Å². The second-order valence-corrected chi connectivity index (χ2v) is 5.74. The summed E-state index contributed by atoms with van der Waals surface area (Å²) < 4.78 is 5.92. The molecule has 4 heteroatoms. The fourth-order valence-corrected chi connectivity index (χ4v) is 3.62. The highest BCUT2D eigenvalue weighted by Gasteiger charge is 2.45. The minimum absolute atomic E-state index is 0.152. The standard InChI is InChI=1S/C13H17NO2S/c15-12(11-5-4-10-17-11)14-8-9-16-13(14)6-2-1-3-7-13/h4-5,10H,1-3,6-9H2. The van der Waals surface area contributed by atoms with Crippen molar-refractivity contribution >= 4 is 17.2 Å². The van der Waals surface area contributed by atoms with Crippen molar-refractivity contribution in [3.63, 3.8) is 0 Å². The number of carbonyl (C=O) groups excluding carboxylic acids is 1. The van der Waals surface area contributed by atoms with Gasteiger partial charge in [0.1, 0.15) is 5.72 Å². The predicted octanol–water partition coefficient (Wildman–Crippen LogP) is 2.88. The summed E-state index contributed by atoms with van der Waals surface area (Å²) in [5.74, 6) is 0.152. The third kappa shape index (κ3) is 1.89. The molecule has 0 radical (unpaired) electrons. The summed E-state index contributed by atoms with van der Waals surface area (Å²) in [7, 11) is 0. The summed E-state index contributed by atoms with van der Waals surface area (Å²) in [6.45, 7) is 1.44. The van der Waals surface area contributed by atoms with Gasteiger partial charge in [0.15, 0.2) is 0 Å². The molecule has 0 bridgehead atoms. The zero-order chi connectivity index (χ0) is 11.7. The van der Waals surface area contributed by atoms with E-state index in [1.807, 2.05) is 22.4 Å². The van der Waals surface area contributed by atoms with Crippen LogP contribution in [0.4, 0.5) is 0 Å². The maximum absolute atomic E-state index is 12.4. The van der Waals surface area contributed by atoms with E-state index in [2.05, 4.69) is 0 Å². The number of hydrogen-bond donors (Lipinski definition) is 0. The van der Waals surface area contributed by atoms with E-state index in [0.29, 0.717) is 6.61 Å². The fourth-order valence-electron chi connectivity index (χ4n) is 2.95. The van der Waals surface area contributed by atoms with E-state index in [1.54, 1.807) is 0 Å². The summed E-state index contributed by atoms with van der Waals surface area (Å²) >= 11 is 1.52. The molecule has 1 saturated carbocycles. The summed E-state index contributed by atoms with van der Waals surface area (Å²) in [5.41, 5.74) is -0.278. The van der Waals surface area contributed by atoms with Crippen LogP contribution in [0.1, 0.15) is 41.8 Å². The summed E-state index contributed by atoms with van der Waals surface area (Å²) in [6.07, 6.45) is 5.63. The molecule has 3 rings (SSSR count). The second-order valence-electron chi connectivity index (χ2n) is 4.79. The molecule has 2 heterocycles. The number of thiophene rings is 1. The van der Waals surface area contributed by atoms with Gasteiger partial charge in [0.2, 0.25) is 0 Å². The third-order valence-corrected chi connectivity index (χ3v) is 4.65. The van der Waals surface area contributed by atoms with Crippen LogP contribution in [0.25, 0.3) is 0 Å². The monoisotopic (exact) mass is 251 g/mol. The minimum Gasteiger partial charge on any atom is -0.354 e. The Morgan fingerprint density at radius 1 is 1.35 bits per heavy atom. The SMILES string of the molecule is O=C(c1cccs1)N1CCOC12CCCCC2. The van der Waals surface area contributed by atoms with Crippen LogP contribution in [0, 0.1) is 0 Å². The molecule has 0 atom stereocenters. The Bertz CT molecular complexity index is 396. The second kappa shape index (κ2) is 4.42. The molecule has 92 valence electrons. The number of nitrogens with zero attached hydrogens (tertiary/aromatic N) is 1. The van der Waals surface area contributed by atoms with E-state index in [4.69, 9.17) is 4.74 Å². The Labute approximate surface area is 105 Å². The lowest BCUT2D eigenvalue weighted by molar-refractivity contribution is -0.0917. The Kier molecular flexibility index (Phi) is 2.92. The topological polar surface area (TPSA) is 29.5 Å². The average molecular weight is 251 g/mol. The van der Waals surface area contributed by atoms with Crippen molar-refractivity contribution in [3.05, 3.63) is 22.4 Å². The Balaban J connectivity index is 1.84. The Morgan fingerprint density at radius 3 is 2.88 bits per heavy atom. The predicted molar refractivity (Wildman–Crippen MR) is 67.1 cm³/mol. The molecule has 3 nitrogen and oxygen atoms in total.